The zero-order chi connectivity index (χ0) is 24.3. The van der Waals surface area contributed by atoms with E-state index in [0.29, 0.717) is 17.1 Å². The van der Waals surface area contributed by atoms with Crippen LogP contribution in [0, 0.1) is 23.2 Å². The Bertz CT molecular complexity index is 1440. The number of nitriles is 1. The molecule has 0 radical (unpaired) electrons. The molecule has 0 atom stereocenters. The molecule has 6 nitrogen and oxygen atoms in total. The van der Waals surface area contributed by atoms with Crippen molar-refractivity contribution in [2.45, 2.75) is 32.1 Å². The average molecular weight is 491 g/mol. The molecule has 0 aliphatic carbocycles. The van der Waals surface area contributed by atoms with Crippen LogP contribution in [0.5, 0.6) is 5.75 Å². The minimum atomic E-state index is -2.19. The van der Waals surface area contributed by atoms with Crippen molar-refractivity contribution >= 4 is 27.3 Å². The van der Waals surface area contributed by atoms with Crippen LogP contribution in [-0.4, -0.2) is 30.8 Å². The third-order valence-corrected chi connectivity index (χ3v) is 8.56. The van der Waals surface area contributed by atoms with E-state index in [0.717, 1.165) is 29.5 Å². The standard InChI is InChI=1S/C26H23ClN4O2S/c1-26(2,22-13-20(15-28)24(32)23(27)14-22)21-9-7-18(8-10-21)5-6-19-16-29-25(30-17-19)31-34(33)11-3-4-12-34/h7-10,13-14,16-17,32H,3-4,11-12H2,1-2H3. The van der Waals surface area contributed by atoms with Crippen LogP contribution in [-0.2, 0) is 15.1 Å². The highest BCUT2D eigenvalue weighted by atomic mass is 35.5. The molecular weight excluding hydrogens is 468 g/mol. The molecule has 0 unspecified atom stereocenters. The van der Waals surface area contributed by atoms with E-state index in [-0.39, 0.29) is 22.3 Å². The molecule has 8 heteroatoms. The molecule has 1 saturated heterocycles. The van der Waals surface area contributed by atoms with E-state index in [1.54, 1.807) is 24.5 Å². The summed E-state index contributed by atoms with van der Waals surface area (Å²) in [5, 5.41) is 19.4. The summed E-state index contributed by atoms with van der Waals surface area (Å²) < 4.78 is 16.7. The lowest BCUT2D eigenvalue weighted by Crippen LogP contribution is -2.19. The molecule has 34 heavy (non-hydrogen) atoms. The van der Waals surface area contributed by atoms with Crippen molar-refractivity contribution in [3.63, 3.8) is 0 Å². The van der Waals surface area contributed by atoms with Gasteiger partial charge in [0.25, 0.3) is 5.95 Å². The maximum Gasteiger partial charge on any atom is 0.257 e. The van der Waals surface area contributed by atoms with Gasteiger partial charge in [-0.15, -0.1) is 0 Å². The van der Waals surface area contributed by atoms with E-state index < -0.39 is 15.1 Å². The molecule has 4 rings (SSSR count). The van der Waals surface area contributed by atoms with Crippen LogP contribution in [0.4, 0.5) is 5.95 Å². The van der Waals surface area contributed by atoms with E-state index in [9.17, 15) is 14.6 Å². The zero-order valence-electron chi connectivity index (χ0n) is 18.9. The van der Waals surface area contributed by atoms with Gasteiger partial charge >= 0.3 is 0 Å². The Labute approximate surface area is 204 Å². The first-order valence-corrected chi connectivity index (χ1v) is 13.0. The van der Waals surface area contributed by atoms with E-state index in [1.165, 1.54) is 0 Å². The van der Waals surface area contributed by atoms with Gasteiger partial charge in [-0.25, -0.2) is 14.2 Å². The van der Waals surface area contributed by atoms with Crippen molar-refractivity contribution in [1.82, 2.24) is 9.97 Å². The molecule has 172 valence electrons. The van der Waals surface area contributed by atoms with Crippen molar-refractivity contribution in [3.05, 3.63) is 81.6 Å². The van der Waals surface area contributed by atoms with Crippen LogP contribution in [0.25, 0.3) is 0 Å². The Balaban J connectivity index is 1.52. The first kappa shape index (κ1) is 23.8. The second kappa shape index (κ2) is 9.46. The third-order valence-electron chi connectivity index (χ3n) is 5.93. The number of phenolic OH excluding ortho intramolecular Hbond substituents is 1. The summed E-state index contributed by atoms with van der Waals surface area (Å²) in [5.41, 5.74) is 3.01. The zero-order valence-corrected chi connectivity index (χ0v) is 20.5. The van der Waals surface area contributed by atoms with Crippen LogP contribution < -0.4 is 0 Å². The number of nitrogens with zero attached hydrogens (tertiary/aromatic N) is 4. The van der Waals surface area contributed by atoms with Gasteiger partial charge in [0.1, 0.15) is 6.07 Å². The van der Waals surface area contributed by atoms with Gasteiger partial charge in [0.15, 0.2) is 5.75 Å². The molecule has 0 amide bonds. The summed E-state index contributed by atoms with van der Waals surface area (Å²) in [6.07, 6.45) is 5.06. The number of hydrogen-bond donors (Lipinski definition) is 1. The molecule has 3 aromatic rings. The minimum Gasteiger partial charge on any atom is -0.505 e. The second-order valence-corrected chi connectivity index (χ2v) is 11.6. The van der Waals surface area contributed by atoms with Crippen LogP contribution >= 0.6 is 11.6 Å². The van der Waals surface area contributed by atoms with Gasteiger partial charge in [-0.1, -0.05) is 49.4 Å². The molecule has 1 aliphatic rings. The minimum absolute atomic E-state index is 0.147. The van der Waals surface area contributed by atoms with Gasteiger partial charge in [0.05, 0.1) is 25.9 Å². The predicted molar refractivity (Wildman–Crippen MR) is 134 cm³/mol. The fourth-order valence-electron chi connectivity index (χ4n) is 3.76. The Morgan fingerprint density at radius 3 is 2.26 bits per heavy atom. The Morgan fingerprint density at radius 2 is 1.65 bits per heavy atom. The maximum absolute atomic E-state index is 12.5. The fourth-order valence-corrected chi connectivity index (χ4v) is 6.06. The summed E-state index contributed by atoms with van der Waals surface area (Å²) in [6.45, 7) is 4.06. The van der Waals surface area contributed by atoms with Crippen LogP contribution in [0.3, 0.4) is 0 Å². The molecule has 0 saturated carbocycles. The van der Waals surface area contributed by atoms with Gasteiger partial charge in [0.2, 0.25) is 0 Å². The molecule has 2 aromatic carbocycles. The topological polar surface area (TPSA) is 99.2 Å². The Kier molecular flexibility index (Phi) is 6.61. The van der Waals surface area contributed by atoms with Crippen LogP contribution in [0.2, 0.25) is 5.02 Å². The normalized spacial score (nSPS) is 14.6. The number of aromatic hydroxyl groups is 1. The highest BCUT2D eigenvalue weighted by Gasteiger charge is 2.25. The molecule has 0 bridgehead atoms. The molecule has 1 fully saturated rings. The number of hydrogen-bond acceptors (Lipinski definition) is 6. The lowest BCUT2D eigenvalue weighted by atomic mass is 9.77. The lowest BCUT2D eigenvalue weighted by Gasteiger charge is -2.27. The smallest absolute Gasteiger partial charge is 0.257 e. The van der Waals surface area contributed by atoms with Crippen molar-refractivity contribution in [2.24, 2.45) is 4.36 Å². The van der Waals surface area contributed by atoms with E-state index >= 15 is 0 Å². The maximum atomic E-state index is 12.5. The van der Waals surface area contributed by atoms with E-state index in [1.807, 2.05) is 44.2 Å². The molecule has 0 spiro atoms. The molecule has 1 aromatic heterocycles. The summed E-state index contributed by atoms with van der Waals surface area (Å²) in [5.74, 6) is 7.42. The van der Waals surface area contributed by atoms with Crippen molar-refractivity contribution < 1.29 is 9.32 Å². The highest BCUT2D eigenvalue weighted by molar-refractivity contribution is 7.93. The predicted octanol–water partition coefficient (Wildman–Crippen LogP) is 5.33. The van der Waals surface area contributed by atoms with Crippen LogP contribution in [0.15, 0.2) is 53.2 Å². The summed E-state index contributed by atoms with van der Waals surface area (Å²) in [6, 6.07) is 13.1. The Hall–Kier alpha value is -3.39. The van der Waals surface area contributed by atoms with E-state index in [2.05, 4.69) is 26.2 Å². The van der Waals surface area contributed by atoms with Crippen LogP contribution in [0.1, 0.15) is 54.5 Å². The van der Waals surface area contributed by atoms with Gasteiger partial charge in [-0.2, -0.15) is 9.62 Å². The largest absolute Gasteiger partial charge is 0.505 e. The molecule has 1 aliphatic heterocycles. The Morgan fingerprint density at radius 1 is 1.03 bits per heavy atom. The van der Waals surface area contributed by atoms with Gasteiger partial charge in [-0.05, 0) is 48.2 Å². The van der Waals surface area contributed by atoms with Gasteiger partial charge < -0.3 is 5.11 Å². The summed E-state index contributed by atoms with van der Waals surface area (Å²) in [7, 11) is -2.19. The number of aromatic nitrogens is 2. The quantitative estimate of drug-likeness (QED) is 0.500. The highest BCUT2D eigenvalue weighted by Crippen LogP contribution is 2.37. The molecular formula is C26H23ClN4O2S. The first-order valence-electron chi connectivity index (χ1n) is 10.8. The van der Waals surface area contributed by atoms with Gasteiger partial charge in [0, 0.05) is 34.9 Å². The van der Waals surface area contributed by atoms with Crippen molar-refractivity contribution in [1.29, 1.82) is 5.26 Å². The summed E-state index contributed by atoms with van der Waals surface area (Å²) in [4.78, 5) is 8.39. The number of rotatable bonds is 3. The molecule has 2 heterocycles. The monoisotopic (exact) mass is 490 g/mol. The first-order chi connectivity index (χ1) is 16.2. The van der Waals surface area contributed by atoms with Gasteiger partial charge in [-0.3, -0.25) is 0 Å². The van der Waals surface area contributed by atoms with Crippen molar-refractivity contribution in [2.75, 3.05) is 11.5 Å². The van der Waals surface area contributed by atoms with E-state index in [4.69, 9.17) is 11.6 Å². The molecule has 1 N–H and O–H groups in total. The van der Waals surface area contributed by atoms with Crippen molar-refractivity contribution in [3.8, 4) is 23.7 Å². The number of halogens is 1. The third kappa shape index (κ3) is 5.07. The number of benzene rings is 2. The lowest BCUT2D eigenvalue weighted by molar-refractivity contribution is 0.473. The SMILES string of the molecule is CC(C)(c1ccc(C#Cc2cnc(N=S3(=O)CCCC3)nc2)cc1)c1cc(Cl)c(O)c(C#N)c1. The second-order valence-electron chi connectivity index (χ2n) is 8.67. The summed E-state index contributed by atoms with van der Waals surface area (Å²) >= 11 is 6.12. The average Bonchev–Trinajstić information content (AvgIpc) is 3.26. The fraction of sp³-hybridized carbons (Fsp3) is 0.269. The number of phenols is 1.